The van der Waals surface area contributed by atoms with Crippen LogP contribution in [-0.4, -0.2) is 13.7 Å². The van der Waals surface area contributed by atoms with E-state index in [1.165, 1.54) is 98.9 Å². The summed E-state index contributed by atoms with van der Waals surface area (Å²) >= 11 is 0. The van der Waals surface area contributed by atoms with Crippen molar-refractivity contribution in [3.63, 3.8) is 0 Å². The molecule has 4 heteroatoms. The predicted molar refractivity (Wildman–Crippen MR) is 371 cm³/mol. The molecular weight excluding hydrogens is 1060 g/mol. The van der Waals surface area contributed by atoms with E-state index in [2.05, 4.69) is 358 Å². The lowest BCUT2D eigenvalue weighted by Gasteiger charge is -2.26. The Morgan fingerprint density at radius 3 is 0.716 bits per heavy atom. The first-order chi connectivity index (χ1) is 43.6. The van der Waals surface area contributed by atoms with Gasteiger partial charge in [-0.05, 0) is 189 Å². The lowest BCUT2D eigenvalue weighted by Crippen LogP contribution is -2.09. The molecule has 0 fully saturated rings. The van der Waals surface area contributed by atoms with E-state index >= 15 is 0 Å². The first-order valence-electron chi connectivity index (χ1n) is 30.2. The zero-order valence-electron chi connectivity index (χ0n) is 48.1. The van der Waals surface area contributed by atoms with E-state index in [0.29, 0.717) is 0 Å². The second-order valence-corrected chi connectivity index (χ2v) is 22.9. The number of rotatable bonds is 11. The number of aromatic nitrogens is 3. The zero-order valence-corrected chi connectivity index (χ0v) is 48.1. The molecule has 0 unspecified atom stereocenters. The van der Waals surface area contributed by atoms with E-state index in [1.807, 2.05) is 0 Å². The van der Waals surface area contributed by atoms with Crippen molar-refractivity contribution in [2.75, 3.05) is 4.90 Å². The Labute approximate surface area is 510 Å². The Balaban J connectivity index is 0.760. The van der Waals surface area contributed by atoms with Crippen LogP contribution < -0.4 is 4.90 Å². The molecule has 0 atom stereocenters. The fourth-order valence-electron chi connectivity index (χ4n) is 13.6. The fraction of sp³-hybridized carbons (Fsp3) is 0. The second kappa shape index (κ2) is 21.1. The number of hydrogen-bond donors (Lipinski definition) is 0. The second-order valence-electron chi connectivity index (χ2n) is 22.9. The summed E-state index contributed by atoms with van der Waals surface area (Å²) in [6.07, 6.45) is 0. The molecule has 4 nitrogen and oxygen atoms in total. The number of para-hydroxylation sites is 4. The van der Waals surface area contributed by atoms with E-state index in [-0.39, 0.29) is 0 Å². The van der Waals surface area contributed by atoms with Crippen LogP contribution in [0.4, 0.5) is 17.1 Å². The van der Waals surface area contributed by atoms with Crippen LogP contribution in [-0.2, 0) is 0 Å². The maximum Gasteiger partial charge on any atom is 0.0541 e. The summed E-state index contributed by atoms with van der Waals surface area (Å²) in [6, 6.07) is 124. The number of hydrogen-bond acceptors (Lipinski definition) is 1. The molecule has 3 aromatic heterocycles. The van der Waals surface area contributed by atoms with Gasteiger partial charge in [-0.25, -0.2) is 0 Å². The number of nitrogens with zero attached hydrogens (tertiary/aromatic N) is 4. The van der Waals surface area contributed by atoms with Crippen molar-refractivity contribution >= 4 is 82.5 Å². The van der Waals surface area contributed by atoms with Crippen LogP contribution >= 0.6 is 0 Å². The van der Waals surface area contributed by atoms with Crippen LogP contribution in [0.2, 0.25) is 0 Å². The summed E-state index contributed by atoms with van der Waals surface area (Å²) in [7, 11) is 0. The third-order valence-electron chi connectivity index (χ3n) is 17.9. The van der Waals surface area contributed by atoms with Gasteiger partial charge in [0.25, 0.3) is 0 Å². The van der Waals surface area contributed by atoms with Crippen LogP contribution in [0, 0.1) is 0 Å². The molecule has 88 heavy (non-hydrogen) atoms. The van der Waals surface area contributed by atoms with E-state index in [4.69, 9.17) is 0 Å². The lowest BCUT2D eigenvalue weighted by molar-refractivity contribution is 1.18. The van der Waals surface area contributed by atoms with Gasteiger partial charge in [-0.3, -0.25) is 0 Å². The van der Waals surface area contributed by atoms with Crippen molar-refractivity contribution in [3.05, 3.63) is 340 Å². The maximum absolute atomic E-state index is 2.45. The van der Waals surface area contributed by atoms with Crippen LogP contribution in [0.1, 0.15) is 0 Å². The van der Waals surface area contributed by atoms with Gasteiger partial charge in [0.15, 0.2) is 0 Å². The van der Waals surface area contributed by atoms with Gasteiger partial charge in [0.05, 0.1) is 33.1 Å². The molecule has 412 valence electrons. The first kappa shape index (κ1) is 50.8. The largest absolute Gasteiger partial charge is 0.311 e. The Kier molecular flexibility index (Phi) is 12.2. The molecule has 0 aliphatic heterocycles. The summed E-state index contributed by atoms with van der Waals surface area (Å²) < 4.78 is 7.22. The highest BCUT2D eigenvalue weighted by Gasteiger charge is 2.20. The third kappa shape index (κ3) is 8.69. The minimum Gasteiger partial charge on any atom is -0.311 e. The molecule has 0 amide bonds. The molecule has 3 heterocycles. The summed E-state index contributed by atoms with van der Waals surface area (Å²) in [5, 5.41) is 7.37. The third-order valence-corrected chi connectivity index (χ3v) is 17.9. The van der Waals surface area contributed by atoms with Gasteiger partial charge in [0.2, 0.25) is 0 Å². The van der Waals surface area contributed by atoms with Gasteiger partial charge in [-0.15, -0.1) is 0 Å². The van der Waals surface area contributed by atoms with Crippen LogP contribution in [0.3, 0.4) is 0 Å². The van der Waals surface area contributed by atoms with Crippen LogP contribution in [0.25, 0.3) is 138 Å². The summed E-state index contributed by atoms with van der Waals surface area (Å²) in [5.74, 6) is 0. The quantitative estimate of drug-likeness (QED) is 0.126. The van der Waals surface area contributed by atoms with Crippen molar-refractivity contribution in [1.29, 1.82) is 0 Å². The zero-order chi connectivity index (χ0) is 58.1. The van der Waals surface area contributed by atoms with Crippen LogP contribution in [0.15, 0.2) is 340 Å². The molecule has 0 saturated carbocycles. The highest BCUT2D eigenvalue weighted by molar-refractivity contribution is 6.15. The van der Waals surface area contributed by atoms with E-state index < -0.39 is 0 Å². The molecule has 0 bridgehead atoms. The molecule has 14 aromatic carbocycles. The molecule has 0 spiro atoms. The SMILES string of the molecule is c1ccc(-c2ccc(N(c3ccc(-c4ccccc4)cc3)c3ccc(-c4ccc(-n5c6ccc(-c7ccc8c(c7)c7ccccc7n8-c7ccccc7)cc6c6cc(-c7ccc8c(c7)c7ccccc7n8-c7ccccc7)ccc65)cc4)cc3)cc2)cc1. The minimum absolute atomic E-state index is 1.09. The average molecular weight is 1120 g/mol. The summed E-state index contributed by atoms with van der Waals surface area (Å²) in [6.45, 7) is 0. The minimum atomic E-state index is 1.09. The van der Waals surface area contributed by atoms with Gasteiger partial charge in [-0.2, -0.15) is 0 Å². The Morgan fingerprint density at radius 1 is 0.159 bits per heavy atom. The standard InChI is InChI=1S/C84H56N4/c1-5-17-57(18-6-1)59-29-41-69(42-30-59)85(70-43-31-60(32-44-70)58-19-7-2-8-20-58)71-45-33-61(34-46-71)62-35-47-72(48-36-62)88-83-51-39-65(63-37-49-81-75(53-63)73-25-13-15-27-79(73)86(81)67-21-9-3-10-22-67)55-77(83)78-56-66(40-52-84(78)88)64-38-50-82-76(54-64)74-26-14-16-28-80(74)87(82)68-23-11-4-12-24-68/h1-56H. The number of fused-ring (bicyclic) bond motifs is 9. The molecule has 0 N–H and O–H groups in total. The first-order valence-corrected chi connectivity index (χ1v) is 30.2. The Bertz CT molecular complexity index is 5130. The van der Waals surface area contributed by atoms with E-state index in [9.17, 15) is 0 Å². The molecule has 0 aliphatic rings. The molecule has 17 rings (SSSR count). The summed E-state index contributed by atoms with van der Waals surface area (Å²) in [4.78, 5) is 2.35. The van der Waals surface area contributed by atoms with Crippen molar-refractivity contribution in [2.24, 2.45) is 0 Å². The number of benzene rings is 14. The average Bonchev–Trinajstić information content (AvgIpc) is 2.54. The van der Waals surface area contributed by atoms with Crippen molar-refractivity contribution in [3.8, 4) is 72.7 Å². The molecule has 0 saturated heterocycles. The van der Waals surface area contributed by atoms with Crippen molar-refractivity contribution in [2.45, 2.75) is 0 Å². The monoisotopic (exact) mass is 1120 g/mol. The molecule has 0 aliphatic carbocycles. The van der Waals surface area contributed by atoms with Crippen LogP contribution in [0.5, 0.6) is 0 Å². The van der Waals surface area contributed by atoms with Gasteiger partial charge in [-0.1, -0.05) is 206 Å². The maximum atomic E-state index is 2.45. The Hall–Kier alpha value is -11.7. The highest BCUT2D eigenvalue weighted by Crippen LogP contribution is 2.43. The van der Waals surface area contributed by atoms with Gasteiger partial charge in [0.1, 0.15) is 0 Å². The normalized spacial score (nSPS) is 11.6. The van der Waals surface area contributed by atoms with Crippen molar-refractivity contribution in [1.82, 2.24) is 13.7 Å². The number of anilines is 3. The highest BCUT2D eigenvalue weighted by atomic mass is 15.1. The fourth-order valence-corrected chi connectivity index (χ4v) is 13.6. The molecule has 17 aromatic rings. The predicted octanol–water partition coefficient (Wildman–Crippen LogP) is 22.8. The molecular formula is C84H56N4. The smallest absolute Gasteiger partial charge is 0.0541 e. The van der Waals surface area contributed by atoms with E-state index in [1.54, 1.807) is 0 Å². The van der Waals surface area contributed by atoms with Crippen molar-refractivity contribution < 1.29 is 0 Å². The molecule has 0 radical (unpaired) electrons. The Morgan fingerprint density at radius 2 is 0.386 bits per heavy atom. The summed E-state index contributed by atoms with van der Waals surface area (Å²) in [5.41, 5.74) is 25.6. The topological polar surface area (TPSA) is 18.0 Å². The van der Waals surface area contributed by atoms with Gasteiger partial charge >= 0.3 is 0 Å². The lowest BCUT2D eigenvalue weighted by atomic mass is 9.98. The van der Waals surface area contributed by atoms with Gasteiger partial charge < -0.3 is 18.6 Å². The van der Waals surface area contributed by atoms with Gasteiger partial charge in [0, 0.05) is 66.4 Å². The van der Waals surface area contributed by atoms with E-state index in [0.717, 1.165) is 56.3 Å².